The van der Waals surface area contributed by atoms with Crippen LogP contribution in [0.3, 0.4) is 0 Å². The number of hydrogen-bond acceptors (Lipinski definition) is 6. The van der Waals surface area contributed by atoms with Crippen LogP contribution in [0, 0.1) is 0 Å². The van der Waals surface area contributed by atoms with Crippen molar-refractivity contribution in [3.8, 4) is 17.2 Å². The molecular weight excluding hydrogens is 274 g/mol. The standard InChI is InChI=1S/C15H15NO5/c16-8-14(9-5-6-12(18)13(19)7-9)21-15(20)10-3-1-2-4-11(10)17/h1-7,14,17-19H,8,16H2. The minimum atomic E-state index is -0.802. The summed E-state index contributed by atoms with van der Waals surface area (Å²) in [5.74, 6) is -1.52. The SMILES string of the molecule is NCC(OC(=O)c1ccccc1O)c1ccc(O)c(O)c1. The summed E-state index contributed by atoms with van der Waals surface area (Å²) < 4.78 is 5.23. The fourth-order valence-corrected chi connectivity index (χ4v) is 1.83. The van der Waals surface area contributed by atoms with Gasteiger partial charge in [0.15, 0.2) is 11.5 Å². The van der Waals surface area contributed by atoms with E-state index in [0.29, 0.717) is 5.56 Å². The van der Waals surface area contributed by atoms with Gasteiger partial charge < -0.3 is 25.8 Å². The van der Waals surface area contributed by atoms with Crippen molar-refractivity contribution in [2.75, 3.05) is 6.54 Å². The van der Waals surface area contributed by atoms with Gasteiger partial charge in [0.1, 0.15) is 17.4 Å². The zero-order valence-electron chi connectivity index (χ0n) is 11.1. The van der Waals surface area contributed by atoms with Gasteiger partial charge in [-0.1, -0.05) is 18.2 Å². The average molecular weight is 289 g/mol. The Bertz CT molecular complexity index is 656. The molecule has 1 unspecified atom stereocenters. The van der Waals surface area contributed by atoms with Gasteiger partial charge in [0.05, 0.1) is 0 Å². The molecule has 5 N–H and O–H groups in total. The number of esters is 1. The first-order valence-corrected chi connectivity index (χ1v) is 6.24. The van der Waals surface area contributed by atoms with E-state index in [-0.39, 0.29) is 29.4 Å². The number of ether oxygens (including phenoxy) is 1. The molecular formula is C15H15NO5. The smallest absolute Gasteiger partial charge is 0.342 e. The number of aromatic hydroxyl groups is 3. The van der Waals surface area contributed by atoms with Crippen LogP contribution in [0.5, 0.6) is 17.2 Å². The predicted molar refractivity (Wildman–Crippen MR) is 75.1 cm³/mol. The Morgan fingerprint density at radius 1 is 1.05 bits per heavy atom. The van der Waals surface area contributed by atoms with Crippen molar-refractivity contribution >= 4 is 5.97 Å². The number of carbonyl (C=O) groups excluding carboxylic acids is 1. The lowest BCUT2D eigenvalue weighted by Gasteiger charge is -2.17. The highest BCUT2D eigenvalue weighted by Crippen LogP contribution is 2.29. The van der Waals surface area contributed by atoms with E-state index in [4.69, 9.17) is 10.5 Å². The Morgan fingerprint density at radius 2 is 1.76 bits per heavy atom. The number of phenolic OH excluding ortho intramolecular Hbond substituents is 3. The number of benzene rings is 2. The summed E-state index contributed by atoms with van der Waals surface area (Å²) in [6.07, 6.45) is -0.802. The maximum Gasteiger partial charge on any atom is 0.342 e. The number of nitrogens with two attached hydrogens (primary N) is 1. The van der Waals surface area contributed by atoms with Crippen LogP contribution in [-0.4, -0.2) is 27.8 Å². The monoisotopic (exact) mass is 289 g/mol. The third-order valence-corrected chi connectivity index (χ3v) is 2.96. The summed E-state index contributed by atoms with van der Waals surface area (Å²) in [7, 11) is 0. The van der Waals surface area contributed by atoms with Gasteiger partial charge in [0.2, 0.25) is 0 Å². The molecule has 0 aliphatic carbocycles. The normalized spacial score (nSPS) is 11.9. The van der Waals surface area contributed by atoms with Crippen LogP contribution in [0.15, 0.2) is 42.5 Å². The highest BCUT2D eigenvalue weighted by atomic mass is 16.5. The Hall–Kier alpha value is -2.73. The summed E-state index contributed by atoms with van der Waals surface area (Å²) in [4.78, 5) is 12.0. The van der Waals surface area contributed by atoms with Gasteiger partial charge in [0, 0.05) is 6.54 Å². The average Bonchev–Trinajstić information content (AvgIpc) is 2.48. The van der Waals surface area contributed by atoms with Crippen LogP contribution in [0.4, 0.5) is 0 Å². The van der Waals surface area contributed by atoms with Gasteiger partial charge in [0.25, 0.3) is 0 Å². The third-order valence-electron chi connectivity index (χ3n) is 2.96. The van der Waals surface area contributed by atoms with Crippen LogP contribution >= 0.6 is 0 Å². The quantitative estimate of drug-likeness (QED) is 0.503. The Balaban J connectivity index is 2.21. The molecule has 0 aliphatic heterocycles. The number of carbonyl (C=O) groups is 1. The van der Waals surface area contributed by atoms with Gasteiger partial charge in [-0.05, 0) is 29.8 Å². The van der Waals surface area contributed by atoms with Crippen molar-refractivity contribution in [3.05, 3.63) is 53.6 Å². The van der Waals surface area contributed by atoms with Gasteiger partial charge in [-0.2, -0.15) is 0 Å². The second-order valence-electron chi connectivity index (χ2n) is 4.39. The van der Waals surface area contributed by atoms with E-state index in [1.807, 2.05) is 0 Å². The van der Waals surface area contributed by atoms with Crippen molar-refractivity contribution in [2.45, 2.75) is 6.10 Å². The summed E-state index contributed by atoms with van der Waals surface area (Å²) in [6.45, 7) is -0.0104. The molecule has 6 nitrogen and oxygen atoms in total. The Morgan fingerprint density at radius 3 is 2.38 bits per heavy atom. The largest absolute Gasteiger partial charge is 0.507 e. The first kappa shape index (κ1) is 14.7. The van der Waals surface area contributed by atoms with Crippen LogP contribution < -0.4 is 5.73 Å². The molecule has 6 heteroatoms. The summed E-state index contributed by atoms with van der Waals surface area (Å²) >= 11 is 0. The second-order valence-corrected chi connectivity index (χ2v) is 4.39. The molecule has 0 heterocycles. The number of phenols is 3. The van der Waals surface area contributed by atoms with Gasteiger partial charge >= 0.3 is 5.97 Å². The zero-order valence-corrected chi connectivity index (χ0v) is 11.1. The van der Waals surface area contributed by atoms with E-state index >= 15 is 0 Å². The Kier molecular flexibility index (Phi) is 4.30. The molecule has 21 heavy (non-hydrogen) atoms. The molecule has 0 amide bonds. The van der Waals surface area contributed by atoms with Crippen molar-refractivity contribution in [1.29, 1.82) is 0 Å². The summed E-state index contributed by atoms with van der Waals surface area (Å²) in [5.41, 5.74) is 6.04. The molecule has 0 bridgehead atoms. The maximum absolute atomic E-state index is 12.0. The van der Waals surface area contributed by atoms with Gasteiger partial charge in [-0.15, -0.1) is 0 Å². The molecule has 0 fully saturated rings. The lowest BCUT2D eigenvalue weighted by atomic mass is 10.1. The van der Waals surface area contributed by atoms with Gasteiger partial charge in [-0.25, -0.2) is 4.79 Å². The molecule has 0 spiro atoms. The lowest BCUT2D eigenvalue weighted by molar-refractivity contribution is 0.0312. The molecule has 2 aromatic carbocycles. The number of hydrogen-bond donors (Lipinski definition) is 4. The van der Waals surface area contributed by atoms with Gasteiger partial charge in [-0.3, -0.25) is 0 Å². The minimum Gasteiger partial charge on any atom is -0.507 e. The van der Waals surface area contributed by atoms with Crippen molar-refractivity contribution in [1.82, 2.24) is 0 Å². The van der Waals surface area contributed by atoms with Crippen molar-refractivity contribution < 1.29 is 24.9 Å². The third kappa shape index (κ3) is 3.24. The van der Waals surface area contributed by atoms with E-state index in [1.54, 1.807) is 12.1 Å². The van der Waals surface area contributed by atoms with E-state index in [2.05, 4.69) is 0 Å². The fourth-order valence-electron chi connectivity index (χ4n) is 1.83. The van der Waals surface area contributed by atoms with Crippen LogP contribution in [-0.2, 0) is 4.74 Å². The topological polar surface area (TPSA) is 113 Å². The summed E-state index contributed by atoms with van der Waals surface area (Å²) in [6, 6.07) is 10.0. The molecule has 0 radical (unpaired) electrons. The number of rotatable bonds is 4. The predicted octanol–water partition coefficient (Wildman–Crippen LogP) is 1.66. The van der Waals surface area contributed by atoms with Crippen molar-refractivity contribution in [3.63, 3.8) is 0 Å². The fraction of sp³-hybridized carbons (Fsp3) is 0.133. The van der Waals surface area contributed by atoms with Crippen LogP contribution in [0.25, 0.3) is 0 Å². The highest BCUT2D eigenvalue weighted by Gasteiger charge is 2.19. The molecule has 2 aromatic rings. The Labute approximate surface area is 121 Å². The second kappa shape index (κ2) is 6.15. The van der Waals surface area contributed by atoms with E-state index in [1.165, 1.54) is 30.3 Å². The first-order chi connectivity index (χ1) is 10.0. The van der Waals surface area contributed by atoms with Crippen LogP contribution in [0.1, 0.15) is 22.0 Å². The minimum absolute atomic E-state index is 0.0104. The molecule has 0 aliphatic rings. The van der Waals surface area contributed by atoms with E-state index in [9.17, 15) is 20.1 Å². The molecule has 0 saturated carbocycles. The summed E-state index contributed by atoms with van der Waals surface area (Å²) in [5, 5.41) is 28.4. The number of para-hydroxylation sites is 1. The van der Waals surface area contributed by atoms with E-state index in [0.717, 1.165) is 0 Å². The molecule has 2 rings (SSSR count). The van der Waals surface area contributed by atoms with Crippen molar-refractivity contribution in [2.24, 2.45) is 5.73 Å². The van der Waals surface area contributed by atoms with Crippen LogP contribution in [0.2, 0.25) is 0 Å². The first-order valence-electron chi connectivity index (χ1n) is 6.24. The molecule has 0 aromatic heterocycles. The molecule has 1 atom stereocenters. The highest BCUT2D eigenvalue weighted by molar-refractivity contribution is 5.92. The molecule has 110 valence electrons. The molecule has 0 saturated heterocycles. The zero-order chi connectivity index (χ0) is 15.4. The maximum atomic E-state index is 12.0. The lowest BCUT2D eigenvalue weighted by Crippen LogP contribution is -2.19. The van der Waals surface area contributed by atoms with E-state index < -0.39 is 12.1 Å².